The molecule has 0 fully saturated rings. The molecule has 0 aliphatic rings. The topological polar surface area (TPSA) is 96.8 Å². The van der Waals surface area contributed by atoms with E-state index in [1.807, 2.05) is 24.3 Å². The van der Waals surface area contributed by atoms with Crippen molar-refractivity contribution in [3.63, 3.8) is 0 Å². The van der Waals surface area contributed by atoms with Gasteiger partial charge in [-0.3, -0.25) is 15.6 Å². The van der Waals surface area contributed by atoms with Crippen LogP contribution in [0.4, 0.5) is 5.69 Å². The minimum absolute atomic E-state index is 0.111. The lowest BCUT2D eigenvalue weighted by Crippen LogP contribution is -2.45. The van der Waals surface area contributed by atoms with Crippen LogP contribution in [0.15, 0.2) is 53.0 Å². The summed E-state index contributed by atoms with van der Waals surface area (Å²) in [5.41, 5.74) is 6.61. The molecule has 138 valence electrons. The number of benzene rings is 2. The third kappa shape index (κ3) is 5.71. The molecule has 3 rings (SSSR count). The van der Waals surface area contributed by atoms with E-state index in [2.05, 4.69) is 47.5 Å². The summed E-state index contributed by atoms with van der Waals surface area (Å²) >= 11 is 14.3. The number of amides is 1. The van der Waals surface area contributed by atoms with Crippen LogP contribution in [-0.2, 0) is 11.3 Å². The van der Waals surface area contributed by atoms with Gasteiger partial charge in [-0.25, -0.2) is 0 Å². The molecular formula is C16H13BrClN7OS. The molecule has 27 heavy (non-hydrogen) atoms. The average molecular weight is 467 g/mol. The zero-order chi connectivity index (χ0) is 19.2. The molecule has 1 amide bonds. The maximum Gasteiger partial charge on any atom is 0.262 e. The minimum Gasteiger partial charge on any atom is -0.331 e. The maximum absolute atomic E-state index is 12.0. The lowest BCUT2D eigenvalue weighted by atomic mass is 10.2. The van der Waals surface area contributed by atoms with Crippen LogP contribution in [0.1, 0.15) is 0 Å². The first-order valence-electron chi connectivity index (χ1n) is 7.65. The second-order valence-electron chi connectivity index (χ2n) is 5.28. The van der Waals surface area contributed by atoms with Crippen LogP contribution in [0, 0.1) is 0 Å². The van der Waals surface area contributed by atoms with E-state index in [0.717, 1.165) is 15.7 Å². The van der Waals surface area contributed by atoms with Crippen molar-refractivity contribution in [2.24, 2.45) is 0 Å². The van der Waals surface area contributed by atoms with Gasteiger partial charge in [0.2, 0.25) is 5.82 Å². The second-order valence-corrected chi connectivity index (χ2v) is 7.04. The third-order valence-electron chi connectivity index (χ3n) is 3.26. The van der Waals surface area contributed by atoms with Gasteiger partial charge >= 0.3 is 0 Å². The Kier molecular flexibility index (Phi) is 6.32. The van der Waals surface area contributed by atoms with Gasteiger partial charge in [0.15, 0.2) is 5.11 Å². The number of carbonyl (C=O) groups excluding carboxylic acids is 1. The first-order valence-corrected chi connectivity index (χ1v) is 9.23. The summed E-state index contributed by atoms with van der Waals surface area (Å²) in [6.45, 7) is -0.111. The number of nitrogens with one attached hydrogen (secondary N) is 3. The average Bonchev–Trinajstić information content (AvgIpc) is 3.11. The SMILES string of the molecule is O=C(Cn1nnc(-c2ccc(Br)cc2)n1)NNC(=S)Nc1ccc(Cl)cc1. The molecule has 1 aromatic heterocycles. The normalized spacial score (nSPS) is 10.3. The highest BCUT2D eigenvalue weighted by atomic mass is 79.9. The van der Waals surface area contributed by atoms with E-state index in [-0.39, 0.29) is 17.6 Å². The highest BCUT2D eigenvalue weighted by Crippen LogP contribution is 2.17. The summed E-state index contributed by atoms with van der Waals surface area (Å²) in [6.07, 6.45) is 0. The number of anilines is 1. The third-order valence-corrected chi connectivity index (χ3v) is 4.24. The molecule has 0 saturated heterocycles. The van der Waals surface area contributed by atoms with Crippen molar-refractivity contribution in [1.29, 1.82) is 0 Å². The number of halogens is 2. The van der Waals surface area contributed by atoms with Gasteiger partial charge in [-0.1, -0.05) is 27.5 Å². The number of hydrazine groups is 1. The summed E-state index contributed by atoms with van der Waals surface area (Å²) in [5.74, 6) is 0.0539. The Morgan fingerprint density at radius 3 is 2.52 bits per heavy atom. The Bertz CT molecular complexity index is 946. The summed E-state index contributed by atoms with van der Waals surface area (Å²) in [5, 5.41) is 15.8. The molecule has 2 aromatic carbocycles. The second kappa shape index (κ2) is 8.89. The number of tetrazole rings is 1. The lowest BCUT2D eigenvalue weighted by molar-refractivity contribution is -0.122. The van der Waals surface area contributed by atoms with E-state index < -0.39 is 0 Å². The van der Waals surface area contributed by atoms with Crippen molar-refractivity contribution in [1.82, 2.24) is 31.1 Å². The van der Waals surface area contributed by atoms with Crippen molar-refractivity contribution in [2.75, 3.05) is 5.32 Å². The number of nitrogens with zero attached hydrogens (tertiary/aromatic N) is 4. The van der Waals surface area contributed by atoms with Crippen molar-refractivity contribution in [3.05, 3.63) is 58.0 Å². The van der Waals surface area contributed by atoms with Gasteiger partial charge in [-0.2, -0.15) is 4.80 Å². The molecule has 11 heteroatoms. The van der Waals surface area contributed by atoms with Crippen LogP contribution in [0.2, 0.25) is 5.02 Å². The quantitative estimate of drug-likeness (QED) is 0.402. The van der Waals surface area contributed by atoms with E-state index in [4.69, 9.17) is 23.8 Å². The van der Waals surface area contributed by atoms with Gasteiger partial charge in [0.1, 0.15) is 6.54 Å². The van der Waals surface area contributed by atoms with E-state index in [1.165, 1.54) is 4.80 Å². The molecule has 0 aliphatic carbocycles. The molecule has 3 aromatic rings. The molecule has 3 N–H and O–H groups in total. The van der Waals surface area contributed by atoms with Crippen LogP contribution >= 0.6 is 39.7 Å². The molecule has 0 spiro atoms. The zero-order valence-electron chi connectivity index (χ0n) is 13.7. The number of rotatable bonds is 4. The van der Waals surface area contributed by atoms with E-state index in [1.54, 1.807) is 24.3 Å². The van der Waals surface area contributed by atoms with Crippen LogP contribution in [0.25, 0.3) is 11.4 Å². The molecule has 0 aliphatic heterocycles. The highest BCUT2D eigenvalue weighted by molar-refractivity contribution is 9.10. The predicted octanol–water partition coefficient (Wildman–Crippen LogP) is 2.77. The van der Waals surface area contributed by atoms with Crippen molar-refractivity contribution >= 4 is 56.5 Å². The van der Waals surface area contributed by atoms with Gasteiger partial charge in [0.05, 0.1) is 0 Å². The van der Waals surface area contributed by atoms with Gasteiger partial charge < -0.3 is 5.32 Å². The Morgan fingerprint density at radius 1 is 1.11 bits per heavy atom. The Hall–Kier alpha value is -2.56. The van der Waals surface area contributed by atoms with Crippen molar-refractivity contribution in [3.8, 4) is 11.4 Å². The van der Waals surface area contributed by atoms with Gasteiger partial charge in [-0.05, 0) is 66.0 Å². The van der Waals surface area contributed by atoms with Crippen LogP contribution < -0.4 is 16.2 Å². The summed E-state index contributed by atoms with van der Waals surface area (Å²) in [7, 11) is 0. The largest absolute Gasteiger partial charge is 0.331 e. The highest BCUT2D eigenvalue weighted by Gasteiger charge is 2.09. The monoisotopic (exact) mass is 465 g/mol. The van der Waals surface area contributed by atoms with Gasteiger partial charge in [0.25, 0.3) is 5.91 Å². The molecule has 0 saturated carbocycles. The fourth-order valence-corrected chi connectivity index (χ4v) is 2.57. The smallest absolute Gasteiger partial charge is 0.262 e. The molecule has 0 atom stereocenters. The van der Waals surface area contributed by atoms with Crippen LogP contribution in [0.5, 0.6) is 0 Å². The standard InChI is InChI=1S/C16H13BrClN7OS/c17-11-3-1-10(2-4-11)15-21-24-25(23-15)9-14(26)20-22-16(27)19-13-7-5-12(18)6-8-13/h1-8H,9H2,(H,20,26)(H2,19,22,27). The first-order chi connectivity index (χ1) is 13.0. The lowest BCUT2D eigenvalue weighted by Gasteiger charge is -2.11. The number of hydrogen-bond acceptors (Lipinski definition) is 5. The molecule has 0 radical (unpaired) electrons. The van der Waals surface area contributed by atoms with E-state index >= 15 is 0 Å². The first kappa shape index (κ1) is 19.2. The van der Waals surface area contributed by atoms with E-state index in [9.17, 15) is 4.79 Å². The minimum atomic E-state index is -0.380. The maximum atomic E-state index is 12.0. The van der Waals surface area contributed by atoms with Gasteiger partial charge in [-0.15, -0.1) is 10.2 Å². The van der Waals surface area contributed by atoms with Crippen molar-refractivity contribution in [2.45, 2.75) is 6.54 Å². The Balaban J connectivity index is 1.48. The Labute approximate surface area is 173 Å². The van der Waals surface area contributed by atoms with Crippen LogP contribution in [0.3, 0.4) is 0 Å². The van der Waals surface area contributed by atoms with Crippen LogP contribution in [-0.4, -0.2) is 31.2 Å². The number of carbonyl (C=O) groups is 1. The molecule has 8 nitrogen and oxygen atoms in total. The van der Waals surface area contributed by atoms with E-state index in [0.29, 0.717) is 10.8 Å². The fourth-order valence-electron chi connectivity index (χ4n) is 2.01. The van der Waals surface area contributed by atoms with Crippen molar-refractivity contribution < 1.29 is 4.79 Å². The summed E-state index contributed by atoms with van der Waals surface area (Å²) < 4.78 is 0.951. The fraction of sp³-hybridized carbons (Fsp3) is 0.0625. The predicted molar refractivity (Wildman–Crippen MR) is 110 cm³/mol. The summed E-state index contributed by atoms with van der Waals surface area (Å²) in [4.78, 5) is 13.2. The zero-order valence-corrected chi connectivity index (χ0v) is 16.8. The summed E-state index contributed by atoms with van der Waals surface area (Å²) in [6, 6.07) is 14.4. The van der Waals surface area contributed by atoms with Gasteiger partial charge in [0, 0.05) is 20.7 Å². The number of aromatic nitrogens is 4. The molecule has 0 unspecified atom stereocenters. The number of thiocarbonyl (C=S) groups is 1. The molecule has 1 heterocycles. The molecular weight excluding hydrogens is 454 g/mol. The molecule has 0 bridgehead atoms. The Morgan fingerprint density at radius 2 is 1.81 bits per heavy atom. The number of hydrogen-bond donors (Lipinski definition) is 3.